The van der Waals surface area contributed by atoms with Crippen LogP contribution in [0.4, 0.5) is 0 Å². The van der Waals surface area contributed by atoms with E-state index in [-0.39, 0.29) is 24.2 Å². The molecule has 1 saturated heterocycles. The molecule has 0 aliphatic carbocycles. The number of hydrogen-bond donors (Lipinski definition) is 0. The average molecular weight is 618 g/mol. The second-order valence-electron chi connectivity index (χ2n) is 10.2. The summed E-state index contributed by atoms with van der Waals surface area (Å²) in [6.07, 6.45) is -1.55. The van der Waals surface area contributed by atoms with Crippen LogP contribution in [-0.4, -0.2) is 36.5 Å². The fourth-order valence-corrected chi connectivity index (χ4v) is 5.67. The fourth-order valence-electron chi connectivity index (χ4n) is 4.99. The number of hydrogen-bond acceptors (Lipinski definition) is 5. The lowest BCUT2D eigenvalue weighted by Gasteiger charge is -2.45. The van der Waals surface area contributed by atoms with E-state index in [9.17, 15) is 0 Å². The van der Waals surface area contributed by atoms with Crippen molar-refractivity contribution in [3.8, 4) is 0 Å². The second kappa shape index (κ2) is 16.0. The molecule has 5 rings (SSSR count). The molecule has 41 heavy (non-hydrogen) atoms. The largest absolute Gasteiger partial charge is 0.374 e. The van der Waals surface area contributed by atoms with Crippen molar-refractivity contribution >= 4 is 15.9 Å². The molecule has 0 aromatic heterocycles. The van der Waals surface area contributed by atoms with Crippen LogP contribution < -0.4 is 0 Å². The predicted molar refractivity (Wildman–Crippen MR) is 163 cm³/mol. The molecule has 0 amide bonds. The van der Waals surface area contributed by atoms with Crippen LogP contribution in [0.5, 0.6) is 0 Å². The van der Waals surface area contributed by atoms with Gasteiger partial charge in [0.05, 0.1) is 39.1 Å². The maximum absolute atomic E-state index is 6.68. The molecule has 0 spiro atoms. The zero-order chi connectivity index (χ0) is 28.1. The Labute approximate surface area is 251 Å². The minimum atomic E-state index is -0.503. The molecular weight excluding hydrogens is 580 g/mol. The zero-order valence-corrected chi connectivity index (χ0v) is 24.7. The van der Waals surface area contributed by atoms with Crippen LogP contribution in [-0.2, 0) is 50.1 Å². The van der Waals surface area contributed by atoms with E-state index in [4.69, 9.17) is 23.7 Å². The number of ether oxygens (including phenoxy) is 5. The van der Waals surface area contributed by atoms with Crippen molar-refractivity contribution in [3.63, 3.8) is 0 Å². The summed E-state index contributed by atoms with van der Waals surface area (Å²) >= 11 is 3.74. The van der Waals surface area contributed by atoms with Crippen LogP contribution in [0.3, 0.4) is 0 Å². The van der Waals surface area contributed by atoms with Crippen LogP contribution in [0.15, 0.2) is 121 Å². The highest BCUT2D eigenvalue weighted by Gasteiger charge is 2.47. The molecule has 214 valence electrons. The van der Waals surface area contributed by atoms with Gasteiger partial charge in [-0.25, -0.2) is 0 Å². The molecule has 0 radical (unpaired) electrons. The average Bonchev–Trinajstić information content (AvgIpc) is 3.04. The fraction of sp³-hybridized carbons (Fsp3) is 0.314. The van der Waals surface area contributed by atoms with Crippen LogP contribution in [0, 0.1) is 5.92 Å². The molecule has 4 aromatic carbocycles. The lowest BCUT2D eigenvalue weighted by molar-refractivity contribution is -0.303. The summed E-state index contributed by atoms with van der Waals surface area (Å²) in [5.41, 5.74) is 4.39. The molecule has 0 saturated carbocycles. The Bertz CT molecular complexity index is 1260. The molecule has 1 aliphatic heterocycles. The van der Waals surface area contributed by atoms with E-state index in [2.05, 4.69) is 64.5 Å². The first-order chi connectivity index (χ1) is 20.3. The minimum Gasteiger partial charge on any atom is -0.374 e. The monoisotopic (exact) mass is 616 g/mol. The minimum absolute atomic E-state index is 0.103. The first-order valence-electron chi connectivity index (χ1n) is 14.1. The van der Waals surface area contributed by atoms with Crippen molar-refractivity contribution in [1.29, 1.82) is 0 Å². The number of benzene rings is 4. The van der Waals surface area contributed by atoms with Gasteiger partial charge in [-0.05, 0) is 22.3 Å². The lowest BCUT2D eigenvalue weighted by atomic mass is 9.91. The van der Waals surface area contributed by atoms with E-state index < -0.39 is 6.29 Å². The Balaban J connectivity index is 1.37. The highest BCUT2D eigenvalue weighted by Crippen LogP contribution is 2.34. The Hall–Kier alpha value is -2.84. The summed E-state index contributed by atoms with van der Waals surface area (Å²) in [6, 6.07) is 40.7. The van der Waals surface area contributed by atoms with Crippen LogP contribution in [0.25, 0.3) is 0 Å². The van der Waals surface area contributed by atoms with Gasteiger partial charge >= 0.3 is 0 Å². The van der Waals surface area contributed by atoms with Crippen LogP contribution in [0.2, 0.25) is 0 Å². The first-order valence-corrected chi connectivity index (χ1v) is 15.2. The maximum Gasteiger partial charge on any atom is 0.164 e. The smallest absolute Gasteiger partial charge is 0.164 e. The first kappa shape index (κ1) is 29.6. The van der Waals surface area contributed by atoms with Crippen molar-refractivity contribution < 1.29 is 23.7 Å². The summed E-state index contributed by atoms with van der Waals surface area (Å²) in [7, 11) is 0. The summed E-state index contributed by atoms with van der Waals surface area (Å²) in [5, 5.41) is 0.634. The van der Waals surface area contributed by atoms with E-state index in [0.29, 0.717) is 38.4 Å². The van der Waals surface area contributed by atoms with Crippen molar-refractivity contribution in [1.82, 2.24) is 0 Å². The third-order valence-electron chi connectivity index (χ3n) is 7.17. The summed E-state index contributed by atoms with van der Waals surface area (Å²) in [6.45, 7) is 2.18. The lowest BCUT2D eigenvalue weighted by Crippen LogP contribution is -2.58. The topological polar surface area (TPSA) is 46.2 Å². The van der Waals surface area contributed by atoms with Crippen LogP contribution >= 0.6 is 15.9 Å². The molecule has 1 heterocycles. The van der Waals surface area contributed by atoms with Crippen LogP contribution in [0.1, 0.15) is 22.3 Å². The maximum atomic E-state index is 6.68. The van der Waals surface area contributed by atoms with E-state index in [1.54, 1.807) is 0 Å². The van der Waals surface area contributed by atoms with Gasteiger partial charge in [0.25, 0.3) is 0 Å². The molecular formula is C35H37BrO5. The molecule has 1 fully saturated rings. The number of alkyl halides is 1. The predicted octanol–water partition coefficient (Wildman–Crippen LogP) is 7.33. The molecule has 5 atom stereocenters. The van der Waals surface area contributed by atoms with Gasteiger partial charge in [0.2, 0.25) is 0 Å². The molecule has 5 nitrogen and oxygen atoms in total. The van der Waals surface area contributed by atoms with E-state index in [1.807, 2.05) is 72.8 Å². The third kappa shape index (κ3) is 8.82. The highest BCUT2D eigenvalue weighted by atomic mass is 79.9. The normalized spacial score (nSPS) is 22.4. The summed E-state index contributed by atoms with van der Waals surface area (Å²) < 4.78 is 32.6. The Morgan fingerprint density at radius 3 is 1.39 bits per heavy atom. The Kier molecular flexibility index (Phi) is 11.5. The van der Waals surface area contributed by atoms with Crippen molar-refractivity contribution in [2.75, 3.05) is 11.9 Å². The van der Waals surface area contributed by atoms with Gasteiger partial charge in [0.1, 0.15) is 12.2 Å². The molecule has 4 aromatic rings. The highest BCUT2D eigenvalue weighted by molar-refractivity contribution is 9.09. The quantitative estimate of drug-likeness (QED) is 0.139. The Morgan fingerprint density at radius 2 is 0.927 bits per heavy atom. The number of halogens is 1. The summed E-state index contributed by atoms with van der Waals surface area (Å²) in [5.74, 6) is -0.103. The molecule has 0 N–H and O–H groups in total. The zero-order valence-electron chi connectivity index (χ0n) is 23.1. The molecule has 1 aliphatic rings. The van der Waals surface area contributed by atoms with Gasteiger partial charge in [-0.15, -0.1) is 0 Å². The second-order valence-corrected chi connectivity index (χ2v) is 10.8. The van der Waals surface area contributed by atoms with Gasteiger partial charge in [-0.3, -0.25) is 0 Å². The van der Waals surface area contributed by atoms with Gasteiger partial charge < -0.3 is 23.7 Å². The Morgan fingerprint density at radius 1 is 0.512 bits per heavy atom. The van der Waals surface area contributed by atoms with Gasteiger partial charge in [0.15, 0.2) is 6.29 Å². The third-order valence-corrected chi connectivity index (χ3v) is 7.92. The van der Waals surface area contributed by atoms with Crippen molar-refractivity contribution in [2.45, 2.75) is 51.0 Å². The molecule has 0 unspecified atom stereocenters. The van der Waals surface area contributed by atoms with Crippen molar-refractivity contribution in [3.05, 3.63) is 144 Å². The van der Waals surface area contributed by atoms with E-state index in [1.165, 1.54) is 0 Å². The van der Waals surface area contributed by atoms with E-state index in [0.717, 1.165) is 22.3 Å². The molecule has 6 heteroatoms. The SMILES string of the molecule is BrC[C@H]1[C@@H](OCc2ccccc2)O[C@H](COCc2ccccc2)[C@@H](OCc2ccccc2)[C@@H]1OCc1ccccc1. The van der Waals surface area contributed by atoms with Crippen molar-refractivity contribution in [2.24, 2.45) is 5.92 Å². The van der Waals surface area contributed by atoms with E-state index >= 15 is 0 Å². The van der Waals surface area contributed by atoms with Gasteiger partial charge in [-0.2, -0.15) is 0 Å². The summed E-state index contributed by atoms with van der Waals surface area (Å²) in [4.78, 5) is 0. The number of rotatable bonds is 14. The van der Waals surface area contributed by atoms with Gasteiger partial charge in [-0.1, -0.05) is 137 Å². The van der Waals surface area contributed by atoms with Gasteiger partial charge in [0, 0.05) is 11.2 Å². The standard InChI is InChI=1S/C35H37BrO5/c36-21-31-33(38-23-28-15-7-2-8-16-28)34(39-24-29-17-9-3-10-18-29)32(26-37-22-27-13-5-1-6-14-27)41-35(31)40-25-30-19-11-4-12-20-30/h1-20,31-35H,21-26H2/t31-,32-,33-,34-,35+/m1/s1. The molecule has 0 bridgehead atoms.